The number of nitrogens with zero attached hydrogens (tertiary/aromatic N) is 2. The van der Waals surface area contributed by atoms with Crippen LogP contribution in [0, 0.1) is 11.3 Å². The molecule has 3 nitrogen and oxygen atoms in total. The van der Waals surface area contributed by atoms with E-state index >= 15 is 0 Å². The minimum atomic E-state index is 0.676. The highest BCUT2D eigenvalue weighted by molar-refractivity contribution is 4.73. The standard InChI is InChI=1S/C14H27N3/c1-17(14-8-3-2-4-9-14)13-7-12-16-11-6-5-10-15/h14,16H,2-9,11-13H2,1H3. The van der Waals surface area contributed by atoms with Crippen LogP contribution in [0.25, 0.3) is 0 Å². The molecule has 0 bridgehead atoms. The highest BCUT2D eigenvalue weighted by atomic mass is 15.1. The van der Waals surface area contributed by atoms with Crippen molar-refractivity contribution in [1.29, 1.82) is 5.26 Å². The third-order valence-corrected chi connectivity index (χ3v) is 3.70. The second-order valence-electron chi connectivity index (χ2n) is 5.14. The van der Waals surface area contributed by atoms with Crippen molar-refractivity contribution >= 4 is 0 Å². The van der Waals surface area contributed by atoms with E-state index in [1.54, 1.807) is 0 Å². The van der Waals surface area contributed by atoms with Crippen molar-refractivity contribution in [2.24, 2.45) is 0 Å². The minimum Gasteiger partial charge on any atom is -0.317 e. The van der Waals surface area contributed by atoms with Gasteiger partial charge >= 0.3 is 0 Å². The van der Waals surface area contributed by atoms with Crippen LogP contribution in [-0.2, 0) is 0 Å². The van der Waals surface area contributed by atoms with Gasteiger partial charge in [-0.15, -0.1) is 0 Å². The fraction of sp³-hybridized carbons (Fsp3) is 0.929. The van der Waals surface area contributed by atoms with Crippen LogP contribution in [0.4, 0.5) is 0 Å². The number of hydrogen-bond donors (Lipinski definition) is 1. The molecule has 0 unspecified atom stereocenters. The molecule has 1 N–H and O–H groups in total. The van der Waals surface area contributed by atoms with E-state index in [1.165, 1.54) is 45.1 Å². The molecule has 0 amide bonds. The molecule has 0 radical (unpaired) electrons. The quantitative estimate of drug-likeness (QED) is 0.659. The fourth-order valence-electron chi connectivity index (χ4n) is 2.58. The highest BCUT2D eigenvalue weighted by Crippen LogP contribution is 2.21. The van der Waals surface area contributed by atoms with E-state index in [0.29, 0.717) is 6.42 Å². The Labute approximate surface area is 106 Å². The molecule has 1 saturated carbocycles. The molecule has 0 saturated heterocycles. The van der Waals surface area contributed by atoms with Crippen LogP contribution in [0.15, 0.2) is 0 Å². The van der Waals surface area contributed by atoms with E-state index in [4.69, 9.17) is 5.26 Å². The van der Waals surface area contributed by atoms with Crippen molar-refractivity contribution in [3.8, 4) is 6.07 Å². The fourth-order valence-corrected chi connectivity index (χ4v) is 2.58. The average molecular weight is 237 g/mol. The zero-order valence-corrected chi connectivity index (χ0v) is 11.2. The first-order valence-electron chi connectivity index (χ1n) is 7.12. The molecule has 1 aliphatic carbocycles. The lowest BCUT2D eigenvalue weighted by Gasteiger charge is -2.31. The summed E-state index contributed by atoms with van der Waals surface area (Å²) in [5, 5.41) is 11.8. The first-order chi connectivity index (χ1) is 8.34. The molecule has 1 aliphatic rings. The van der Waals surface area contributed by atoms with Gasteiger partial charge < -0.3 is 10.2 Å². The zero-order valence-electron chi connectivity index (χ0n) is 11.2. The number of nitriles is 1. The predicted molar refractivity (Wildman–Crippen MR) is 71.8 cm³/mol. The molecule has 0 heterocycles. The van der Waals surface area contributed by atoms with Crippen molar-refractivity contribution in [3.63, 3.8) is 0 Å². The molecule has 3 heteroatoms. The number of hydrogen-bond acceptors (Lipinski definition) is 3. The number of unbranched alkanes of at least 4 members (excludes halogenated alkanes) is 1. The Kier molecular flexibility index (Phi) is 8.04. The molecule has 98 valence electrons. The third-order valence-electron chi connectivity index (χ3n) is 3.70. The third kappa shape index (κ3) is 6.65. The summed E-state index contributed by atoms with van der Waals surface area (Å²) in [6.45, 7) is 3.28. The van der Waals surface area contributed by atoms with Gasteiger partial charge in [0.2, 0.25) is 0 Å². The van der Waals surface area contributed by atoms with Crippen LogP contribution in [0.1, 0.15) is 51.4 Å². The van der Waals surface area contributed by atoms with Gasteiger partial charge in [0.1, 0.15) is 0 Å². The smallest absolute Gasteiger partial charge is 0.0622 e. The van der Waals surface area contributed by atoms with Crippen molar-refractivity contribution < 1.29 is 0 Å². The first-order valence-corrected chi connectivity index (χ1v) is 7.12. The topological polar surface area (TPSA) is 39.1 Å². The summed E-state index contributed by atoms with van der Waals surface area (Å²) in [5.41, 5.74) is 0. The van der Waals surface area contributed by atoms with Gasteiger partial charge in [-0.05, 0) is 52.4 Å². The first kappa shape index (κ1) is 14.5. The van der Waals surface area contributed by atoms with Crippen molar-refractivity contribution in [1.82, 2.24) is 10.2 Å². The molecular weight excluding hydrogens is 210 g/mol. The maximum Gasteiger partial charge on any atom is 0.0622 e. The van der Waals surface area contributed by atoms with Crippen LogP contribution in [0.3, 0.4) is 0 Å². The van der Waals surface area contributed by atoms with Crippen LogP contribution in [0.2, 0.25) is 0 Å². The molecule has 1 fully saturated rings. The van der Waals surface area contributed by atoms with Crippen molar-refractivity contribution in [2.45, 2.75) is 57.4 Å². The summed E-state index contributed by atoms with van der Waals surface area (Å²) in [4.78, 5) is 2.54. The van der Waals surface area contributed by atoms with Crippen molar-refractivity contribution in [3.05, 3.63) is 0 Å². The lowest BCUT2D eigenvalue weighted by atomic mass is 9.94. The second kappa shape index (κ2) is 9.44. The van der Waals surface area contributed by atoms with Crippen molar-refractivity contribution in [2.75, 3.05) is 26.7 Å². The van der Waals surface area contributed by atoms with Gasteiger partial charge in [-0.25, -0.2) is 0 Å². The van der Waals surface area contributed by atoms with Gasteiger partial charge in [-0.1, -0.05) is 19.3 Å². The molecule has 0 aromatic carbocycles. The normalized spacial score (nSPS) is 17.2. The Balaban J connectivity index is 1.92. The van der Waals surface area contributed by atoms with E-state index < -0.39 is 0 Å². The van der Waals surface area contributed by atoms with Gasteiger partial charge in [-0.2, -0.15) is 5.26 Å². The summed E-state index contributed by atoms with van der Waals surface area (Å²) >= 11 is 0. The molecule has 0 aromatic heterocycles. The number of rotatable bonds is 8. The van der Waals surface area contributed by atoms with E-state index in [2.05, 4.69) is 23.3 Å². The Morgan fingerprint density at radius 3 is 2.59 bits per heavy atom. The summed E-state index contributed by atoms with van der Waals surface area (Å²) in [6, 6.07) is 3.01. The maximum atomic E-state index is 8.40. The predicted octanol–water partition coefficient (Wildman–Crippen LogP) is 2.53. The molecular formula is C14H27N3. The highest BCUT2D eigenvalue weighted by Gasteiger charge is 2.16. The Bertz CT molecular complexity index is 216. The van der Waals surface area contributed by atoms with Crippen LogP contribution < -0.4 is 5.32 Å². The Morgan fingerprint density at radius 2 is 1.88 bits per heavy atom. The minimum absolute atomic E-state index is 0.676. The Hall–Kier alpha value is -0.590. The summed E-state index contributed by atoms with van der Waals surface area (Å²) < 4.78 is 0. The molecule has 0 aromatic rings. The second-order valence-corrected chi connectivity index (χ2v) is 5.14. The molecule has 17 heavy (non-hydrogen) atoms. The van der Waals surface area contributed by atoms with E-state index in [9.17, 15) is 0 Å². The monoisotopic (exact) mass is 237 g/mol. The van der Waals surface area contributed by atoms with Crippen LogP contribution in [0.5, 0.6) is 0 Å². The van der Waals surface area contributed by atoms with Gasteiger partial charge in [0.05, 0.1) is 6.07 Å². The largest absolute Gasteiger partial charge is 0.317 e. The maximum absolute atomic E-state index is 8.40. The average Bonchev–Trinajstić information content (AvgIpc) is 2.38. The van der Waals surface area contributed by atoms with Gasteiger partial charge in [0, 0.05) is 12.5 Å². The molecule has 0 atom stereocenters. The van der Waals surface area contributed by atoms with E-state index in [0.717, 1.165) is 25.6 Å². The molecule has 1 rings (SSSR count). The summed E-state index contributed by atoms with van der Waals surface area (Å²) in [7, 11) is 2.27. The molecule has 0 spiro atoms. The summed E-state index contributed by atoms with van der Waals surface area (Å²) in [5.74, 6) is 0. The SMILES string of the molecule is CN(CCCNCCCC#N)C1CCCCC1. The van der Waals surface area contributed by atoms with Gasteiger partial charge in [-0.3, -0.25) is 0 Å². The number of nitrogens with one attached hydrogen (secondary N) is 1. The van der Waals surface area contributed by atoms with Gasteiger partial charge in [0.25, 0.3) is 0 Å². The van der Waals surface area contributed by atoms with E-state index in [1.807, 2.05) is 0 Å². The zero-order chi connectivity index (χ0) is 12.3. The molecule has 0 aliphatic heterocycles. The van der Waals surface area contributed by atoms with Gasteiger partial charge in [0.15, 0.2) is 0 Å². The van der Waals surface area contributed by atoms with Crippen LogP contribution >= 0.6 is 0 Å². The lowest BCUT2D eigenvalue weighted by molar-refractivity contribution is 0.189. The van der Waals surface area contributed by atoms with E-state index in [-0.39, 0.29) is 0 Å². The lowest BCUT2D eigenvalue weighted by Crippen LogP contribution is -2.35. The Morgan fingerprint density at radius 1 is 1.18 bits per heavy atom. The summed E-state index contributed by atoms with van der Waals surface area (Å²) in [6.07, 6.45) is 9.94. The van der Waals surface area contributed by atoms with Crippen LogP contribution in [-0.4, -0.2) is 37.6 Å².